The van der Waals surface area contributed by atoms with Crippen LogP contribution in [0.4, 0.5) is 0 Å². The van der Waals surface area contributed by atoms with E-state index in [0.717, 1.165) is 0 Å². The Hall–Kier alpha value is 0.870. The molecule has 0 unspecified atom stereocenters. The highest BCUT2D eigenvalue weighted by Crippen LogP contribution is 2.61. The maximum absolute atomic E-state index is 3.76. The maximum Gasteiger partial charge on any atom is 0.0606 e. The summed E-state index contributed by atoms with van der Waals surface area (Å²) in [6, 6.07) is 0. The van der Waals surface area contributed by atoms with Gasteiger partial charge in [-0.3, -0.25) is 0 Å². The van der Waals surface area contributed by atoms with E-state index in [-0.39, 0.29) is 17.0 Å². The second-order valence-electron chi connectivity index (χ2n) is 8.88. The van der Waals surface area contributed by atoms with E-state index >= 15 is 0 Å². The molecule has 3 heteroatoms. The molecule has 0 saturated heterocycles. The predicted molar refractivity (Wildman–Crippen MR) is 131 cm³/mol. The zero-order valence-electron chi connectivity index (χ0n) is 20.2. The number of hydrogen-bond donors (Lipinski definition) is 1. The lowest BCUT2D eigenvalue weighted by Crippen LogP contribution is -3.00. The fraction of sp³-hybridized carbons (Fsp3) is 1.00. The molecular formula is C25H55BrNP. The summed E-state index contributed by atoms with van der Waals surface area (Å²) in [5.41, 5.74) is 0. The first kappa shape index (κ1) is 31.1. The van der Waals surface area contributed by atoms with Crippen LogP contribution < -0.4 is 22.3 Å². The molecule has 0 radical (unpaired) electrons. The van der Waals surface area contributed by atoms with Crippen LogP contribution in [0.2, 0.25) is 0 Å². The zero-order valence-corrected chi connectivity index (χ0v) is 22.7. The SMILES string of the molecule is CCCCCCCCCCNCCC[P+](CCCC)(CCCC)CCCC.[Br-]. The Morgan fingerprint density at radius 3 is 1.25 bits per heavy atom. The minimum atomic E-state index is -0.666. The number of nitrogens with one attached hydrogen (secondary N) is 1. The quantitative estimate of drug-likeness (QED) is 0.159. The summed E-state index contributed by atoms with van der Waals surface area (Å²) in [5, 5.41) is 3.76. The van der Waals surface area contributed by atoms with E-state index in [2.05, 4.69) is 33.0 Å². The standard InChI is InChI=1S/C25H55NP.BrH/c1-5-9-13-14-15-16-17-18-20-26-21-19-25-27(22-10-6-2,23-11-7-3)24-12-8-4;/h26H,5-25H2,1-4H3;1H/q+1;/p-1. The minimum absolute atomic E-state index is 0. The molecule has 28 heavy (non-hydrogen) atoms. The van der Waals surface area contributed by atoms with Gasteiger partial charge in [0, 0.05) is 7.26 Å². The number of hydrogen-bond acceptors (Lipinski definition) is 1. The average molecular weight is 481 g/mol. The van der Waals surface area contributed by atoms with Crippen molar-refractivity contribution in [3.63, 3.8) is 0 Å². The molecule has 0 bridgehead atoms. The van der Waals surface area contributed by atoms with Crippen LogP contribution in [-0.2, 0) is 0 Å². The van der Waals surface area contributed by atoms with Gasteiger partial charge >= 0.3 is 0 Å². The van der Waals surface area contributed by atoms with Crippen LogP contribution in [0.15, 0.2) is 0 Å². The van der Waals surface area contributed by atoms with Gasteiger partial charge in [0.1, 0.15) is 0 Å². The molecule has 0 atom stereocenters. The summed E-state index contributed by atoms with van der Waals surface area (Å²) in [7, 11) is -0.666. The van der Waals surface area contributed by atoms with Crippen molar-refractivity contribution in [2.24, 2.45) is 0 Å². The lowest BCUT2D eigenvalue weighted by molar-refractivity contribution is -0.00000623. The summed E-state index contributed by atoms with van der Waals surface area (Å²) in [6.45, 7) is 11.9. The largest absolute Gasteiger partial charge is 1.00 e. The van der Waals surface area contributed by atoms with E-state index in [1.807, 2.05) is 0 Å². The Labute approximate surface area is 191 Å². The highest BCUT2D eigenvalue weighted by molar-refractivity contribution is 7.75. The van der Waals surface area contributed by atoms with E-state index in [1.165, 1.54) is 109 Å². The van der Waals surface area contributed by atoms with Crippen LogP contribution in [-0.4, -0.2) is 37.7 Å². The lowest BCUT2D eigenvalue weighted by atomic mass is 10.1. The van der Waals surface area contributed by atoms with Crippen molar-refractivity contribution < 1.29 is 17.0 Å². The summed E-state index contributed by atoms with van der Waals surface area (Å²) in [4.78, 5) is 0. The monoisotopic (exact) mass is 479 g/mol. The molecule has 0 aromatic rings. The molecule has 1 nitrogen and oxygen atoms in total. The molecule has 0 aromatic carbocycles. The topological polar surface area (TPSA) is 12.0 Å². The van der Waals surface area contributed by atoms with Crippen molar-refractivity contribution in [2.45, 2.75) is 124 Å². The fourth-order valence-electron chi connectivity index (χ4n) is 4.20. The molecule has 0 fully saturated rings. The Morgan fingerprint density at radius 2 is 0.786 bits per heavy atom. The Balaban J connectivity index is 0. The molecule has 0 aliphatic carbocycles. The van der Waals surface area contributed by atoms with Gasteiger partial charge in [0.05, 0.1) is 24.6 Å². The third kappa shape index (κ3) is 18.9. The van der Waals surface area contributed by atoms with Crippen LogP contribution in [0.25, 0.3) is 0 Å². The Morgan fingerprint density at radius 1 is 0.429 bits per heavy atom. The summed E-state index contributed by atoms with van der Waals surface area (Å²) < 4.78 is 0. The van der Waals surface area contributed by atoms with Gasteiger partial charge in [-0.15, -0.1) is 0 Å². The van der Waals surface area contributed by atoms with Crippen LogP contribution >= 0.6 is 7.26 Å². The van der Waals surface area contributed by atoms with Gasteiger partial charge in [-0.25, -0.2) is 0 Å². The van der Waals surface area contributed by atoms with E-state index in [4.69, 9.17) is 0 Å². The van der Waals surface area contributed by atoms with Crippen molar-refractivity contribution in [2.75, 3.05) is 37.7 Å². The molecule has 0 heterocycles. The number of unbranched alkanes of at least 4 members (excludes halogenated alkanes) is 10. The zero-order chi connectivity index (χ0) is 20.1. The van der Waals surface area contributed by atoms with Gasteiger partial charge in [-0.05, 0) is 45.2 Å². The van der Waals surface area contributed by atoms with Crippen molar-refractivity contribution in [3.8, 4) is 0 Å². The third-order valence-corrected chi connectivity index (χ3v) is 11.2. The summed E-state index contributed by atoms with van der Waals surface area (Å²) >= 11 is 0. The van der Waals surface area contributed by atoms with E-state index in [0.29, 0.717) is 0 Å². The van der Waals surface area contributed by atoms with Crippen molar-refractivity contribution in [1.82, 2.24) is 5.32 Å². The lowest BCUT2D eigenvalue weighted by Gasteiger charge is -2.28. The molecule has 0 saturated carbocycles. The predicted octanol–water partition coefficient (Wildman–Crippen LogP) is 5.53. The molecule has 0 amide bonds. The summed E-state index contributed by atoms with van der Waals surface area (Å²) in [5.74, 6) is 0. The smallest absolute Gasteiger partial charge is 0.0606 e. The van der Waals surface area contributed by atoms with E-state index in [9.17, 15) is 0 Å². The van der Waals surface area contributed by atoms with Crippen LogP contribution in [0.1, 0.15) is 124 Å². The molecule has 172 valence electrons. The normalized spacial score (nSPS) is 11.6. The minimum Gasteiger partial charge on any atom is -1.00 e. The van der Waals surface area contributed by atoms with Gasteiger partial charge in [0.25, 0.3) is 0 Å². The van der Waals surface area contributed by atoms with Gasteiger partial charge in [-0.1, -0.05) is 91.9 Å². The molecule has 0 aromatic heterocycles. The molecule has 1 N–H and O–H groups in total. The van der Waals surface area contributed by atoms with Crippen molar-refractivity contribution in [1.29, 1.82) is 0 Å². The molecule has 0 rings (SSSR count). The van der Waals surface area contributed by atoms with Crippen LogP contribution in [0.3, 0.4) is 0 Å². The van der Waals surface area contributed by atoms with Crippen LogP contribution in [0, 0.1) is 0 Å². The second kappa shape index (κ2) is 24.1. The highest BCUT2D eigenvalue weighted by Gasteiger charge is 2.34. The van der Waals surface area contributed by atoms with Gasteiger partial charge in [0.15, 0.2) is 0 Å². The number of rotatable bonds is 22. The third-order valence-electron chi connectivity index (χ3n) is 6.15. The summed E-state index contributed by atoms with van der Waals surface area (Å²) in [6.07, 6.45) is 27.8. The van der Waals surface area contributed by atoms with Gasteiger partial charge in [-0.2, -0.15) is 0 Å². The van der Waals surface area contributed by atoms with Crippen LogP contribution in [0.5, 0.6) is 0 Å². The molecule has 0 aliphatic rings. The Bertz CT molecular complexity index is 264. The second-order valence-corrected chi connectivity index (χ2v) is 13.3. The van der Waals surface area contributed by atoms with E-state index < -0.39 is 7.26 Å². The highest BCUT2D eigenvalue weighted by atomic mass is 79.9. The van der Waals surface area contributed by atoms with Gasteiger partial charge < -0.3 is 22.3 Å². The fourth-order valence-corrected chi connectivity index (χ4v) is 9.33. The first-order valence-corrected chi connectivity index (χ1v) is 15.3. The molecule has 0 spiro atoms. The molecular weight excluding hydrogens is 425 g/mol. The Kier molecular flexibility index (Phi) is 26.8. The van der Waals surface area contributed by atoms with Crippen molar-refractivity contribution in [3.05, 3.63) is 0 Å². The maximum atomic E-state index is 3.76. The van der Waals surface area contributed by atoms with Gasteiger partial charge in [0.2, 0.25) is 0 Å². The number of halogens is 1. The molecule has 0 aliphatic heterocycles. The first-order chi connectivity index (χ1) is 13.2. The average Bonchev–Trinajstić information content (AvgIpc) is 2.69. The van der Waals surface area contributed by atoms with E-state index in [1.54, 1.807) is 24.6 Å². The first-order valence-electron chi connectivity index (χ1n) is 12.8. The van der Waals surface area contributed by atoms with Crippen molar-refractivity contribution >= 4 is 7.26 Å².